The number of rotatable bonds is 7. The lowest BCUT2D eigenvalue weighted by Gasteiger charge is -2.06. The molecule has 2 N–H and O–H groups in total. The van der Waals surface area contributed by atoms with Gasteiger partial charge in [0.05, 0.1) is 6.20 Å². The number of hydrogen-bond donors (Lipinski definition) is 2. The third-order valence-corrected chi connectivity index (χ3v) is 3.52. The van der Waals surface area contributed by atoms with Crippen molar-refractivity contribution in [1.82, 2.24) is 19.8 Å². The van der Waals surface area contributed by atoms with Crippen LogP contribution in [0.4, 0.5) is 13.2 Å². The Morgan fingerprint density at radius 3 is 2.63 bits per heavy atom. The van der Waals surface area contributed by atoms with E-state index in [-0.39, 0.29) is 11.4 Å². The average Bonchev–Trinajstić information content (AvgIpc) is 2.71. The molecule has 19 heavy (non-hydrogen) atoms. The Morgan fingerprint density at radius 2 is 2.05 bits per heavy atom. The number of alkyl halides is 3. The van der Waals surface area contributed by atoms with E-state index in [0.717, 1.165) is 12.4 Å². The molecule has 0 atom stereocenters. The number of sulfonamides is 1. The van der Waals surface area contributed by atoms with E-state index in [1.165, 1.54) is 0 Å². The number of halogens is 3. The molecule has 0 aliphatic rings. The monoisotopic (exact) mass is 300 g/mol. The molecule has 0 amide bonds. The molecule has 0 bridgehead atoms. The summed E-state index contributed by atoms with van der Waals surface area (Å²) in [7, 11) is -3.82. The summed E-state index contributed by atoms with van der Waals surface area (Å²) in [6.07, 6.45) is -2.70. The minimum absolute atomic E-state index is 0.153. The summed E-state index contributed by atoms with van der Waals surface area (Å²) in [5.41, 5.74) is 0. The van der Waals surface area contributed by atoms with Crippen molar-refractivity contribution in [3.63, 3.8) is 0 Å². The van der Waals surface area contributed by atoms with E-state index >= 15 is 0 Å². The lowest BCUT2D eigenvalue weighted by atomic mass is 10.6. The van der Waals surface area contributed by atoms with E-state index in [0.29, 0.717) is 17.8 Å². The molecular formula is C9H15F3N4O2S. The van der Waals surface area contributed by atoms with Gasteiger partial charge in [-0.3, -0.25) is 4.68 Å². The summed E-state index contributed by atoms with van der Waals surface area (Å²) in [6, 6.07) is 0. The minimum atomic E-state index is -4.44. The van der Waals surface area contributed by atoms with Crippen LogP contribution in [-0.4, -0.2) is 44.0 Å². The predicted molar refractivity (Wildman–Crippen MR) is 62.0 cm³/mol. The highest BCUT2D eigenvalue weighted by Crippen LogP contribution is 2.17. The van der Waals surface area contributed by atoms with Crippen molar-refractivity contribution in [3.8, 4) is 0 Å². The molecule has 0 radical (unpaired) electrons. The predicted octanol–water partition coefficient (Wildman–Crippen LogP) is 0.333. The van der Waals surface area contributed by atoms with Crippen molar-refractivity contribution < 1.29 is 21.6 Å². The van der Waals surface area contributed by atoms with Gasteiger partial charge in [0.2, 0.25) is 10.0 Å². The van der Waals surface area contributed by atoms with Crippen LogP contribution in [0, 0.1) is 0 Å². The van der Waals surface area contributed by atoms with Crippen LogP contribution in [0.3, 0.4) is 0 Å². The molecule has 0 unspecified atom stereocenters. The van der Waals surface area contributed by atoms with E-state index in [4.69, 9.17) is 0 Å². The highest BCUT2D eigenvalue weighted by atomic mass is 32.2. The maximum atomic E-state index is 12.1. The number of nitrogens with zero attached hydrogens (tertiary/aromatic N) is 2. The molecule has 110 valence electrons. The van der Waals surface area contributed by atoms with Crippen LogP contribution in [0.5, 0.6) is 0 Å². The number of hydrogen-bond acceptors (Lipinski definition) is 4. The SMILES string of the molecule is CCNCCNS(=O)(=O)c1cnn(CC(F)(F)F)c1. The van der Waals surface area contributed by atoms with Crippen LogP contribution in [0.15, 0.2) is 17.3 Å². The van der Waals surface area contributed by atoms with Gasteiger partial charge in [0.1, 0.15) is 11.4 Å². The molecule has 1 rings (SSSR count). The van der Waals surface area contributed by atoms with Gasteiger partial charge in [0.25, 0.3) is 0 Å². The molecule has 1 aromatic rings. The standard InChI is InChI=1S/C9H15F3N4O2S/c1-2-13-3-4-15-19(17,18)8-5-14-16(6-8)7-9(10,11)12/h5-6,13,15H,2-4,7H2,1H3. The van der Waals surface area contributed by atoms with Crippen molar-refractivity contribution in [2.24, 2.45) is 0 Å². The van der Waals surface area contributed by atoms with Crippen molar-refractivity contribution in [2.45, 2.75) is 24.5 Å². The zero-order chi connectivity index (χ0) is 14.5. The first kappa shape index (κ1) is 15.9. The molecule has 0 aromatic carbocycles. The molecule has 0 aliphatic carbocycles. The maximum absolute atomic E-state index is 12.1. The first-order chi connectivity index (χ1) is 8.74. The van der Waals surface area contributed by atoms with Gasteiger partial charge in [-0.05, 0) is 6.54 Å². The summed E-state index contributed by atoms with van der Waals surface area (Å²) in [6.45, 7) is 1.84. The van der Waals surface area contributed by atoms with Crippen LogP contribution < -0.4 is 10.0 Å². The summed E-state index contributed by atoms with van der Waals surface area (Å²) >= 11 is 0. The Kier molecular flexibility index (Phi) is 5.32. The Balaban J connectivity index is 2.64. The van der Waals surface area contributed by atoms with E-state index in [2.05, 4.69) is 15.1 Å². The summed E-state index contributed by atoms with van der Waals surface area (Å²) < 4.78 is 62.5. The van der Waals surface area contributed by atoms with Crippen LogP contribution in [0.1, 0.15) is 6.92 Å². The second kappa shape index (κ2) is 6.35. The zero-order valence-electron chi connectivity index (χ0n) is 10.2. The van der Waals surface area contributed by atoms with E-state index < -0.39 is 22.7 Å². The van der Waals surface area contributed by atoms with E-state index in [1.54, 1.807) is 0 Å². The third kappa shape index (κ3) is 5.57. The molecular weight excluding hydrogens is 285 g/mol. The zero-order valence-corrected chi connectivity index (χ0v) is 11.1. The topological polar surface area (TPSA) is 76.0 Å². The van der Waals surface area contributed by atoms with Gasteiger partial charge in [-0.1, -0.05) is 6.92 Å². The highest BCUT2D eigenvalue weighted by molar-refractivity contribution is 7.89. The molecule has 0 spiro atoms. The van der Waals surface area contributed by atoms with E-state index in [9.17, 15) is 21.6 Å². The second-order valence-electron chi connectivity index (χ2n) is 3.74. The molecule has 0 saturated carbocycles. The Hall–Kier alpha value is -1.13. The second-order valence-corrected chi connectivity index (χ2v) is 5.51. The Labute approximate surface area is 109 Å². The molecule has 0 aliphatic heterocycles. The van der Waals surface area contributed by atoms with Gasteiger partial charge >= 0.3 is 6.18 Å². The van der Waals surface area contributed by atoms with E-state index in [1.807, 2.05) is 6.92 Å². The number of nitrogens with one attached hydrogen (secondary N) is 2. The lowest BCUT2D eigenvalue weighted by Crippen LogP contribution is -2.31. The third-order valence-electron chi connectivity index (χ3n) is 2.10. The smallest absolute Gasteiger partial charge is 0.316 e. The molecule has 1 aromatic heterocycles. The average molecular weight is 300 g/mol. The van der Waals surface area contributed by atoms with Crippen LogP contribution in [0.25, 0.3) is 0 Å². The van der Waals surface area contributed by atoms with Gasteiger partial charge in [0.15, 0.2) is 0 Å². The Morgan fingerprint density at radius 1 is 1.37 bits per heavy atom. The van der Waals surface area contributed by atoms with Crippen LogP contribution in [0.2, 0.25) is 0 Å². The van der Waals surface area contributed by atoms with Crippen molar-refractivity contribution >= 4 is 10.0 Å². The molecule has 1 heterocycles. The highest BCUT2D eigenvalue weighted by Gasteiger charge is 2.29. The lowest BCUT2D eigenvalue weighted by molar-refractivity contribution is -0.142. The van der Waals surface area contributed by atoms with Gasteiger partial charge in [-0.25, -0.2) is 13.1 Å². The van der Waals surface area contributed by atoms with Crippen LogP contribution in [-0.2, 0) is 16.6 Å². The summed E-state index contributed by atoms with van der Waals surface area (Å²) in [5.74, 6) is 0. The fraction of sp³-hybridized carbons (Fsp3) is 0.667. The van der Waals surface area contributed by atoms with Crippen LogP contribution >= 0.6 is 0 Å². The fourth-order valence-electron chi connectivity index (χ4n) is 1.29. The van der Waals surface area contributed by atoms with Gasteiger partial charge in [-0.2, -0.15) is 18.3 Å². The largest absolute Gasteiger partial charge is 0.408 e. The minimum Gasteiger partial charge on any atom is -0.316 e. The quantitative estimate of drug-likeness (QED) is 0.712. The molecule has 0 fully saturated rings. The van der Waals surface area contributed by atoms with Crippen molar-refractivity contribution in [3.05, 3.63) is 12.4 Å². The van der Waals surface area contributed by atoms with Gasteiger partial charge in [-0.15, -0.1) is 0 Å². The van der Waals surface area contributed by atoms with Gasteiger partial charge < -0.3 is 5.32 Å². The van der Waals surface area contributed by atoms with Gasteiger partial charge in [0, 0.05) is 19.3 Å². The van der Waals surface area contributed by atoms with Crippen molar-refractivity contribution in [2.75, 3.05) is 19.6 Å². The molecule has 10 heteroatoms. The first-order valence-corrected chi connectivity index (χ1v) is 7.02. The number of likely N-dealkylation sites (N-methyl/N-ethyl adjacent to an activating group) is 1. The normalized spacial score (nSPS) is 12.8. The summed E-state index contributed by atoms with van der Waals surface area (Å²) in [5, 5.41) is 6.29. The fourth-order valence-corrected chi connectivity index (χ4v) is 2.27. The van der Waals surface area contributed by atoms with Crippen molar-refractivity contribution in [1.29, 1.82) is 0 Å². The first-order valence-electron chi connectivity index (χ1n) is 5.54. The Bertz CT molecular complexity index is 498. The summed E-state index contributed by atoms with van der Waals surface area (Å²) in [4.78, 5) is -0.284. The molecule has 6 nitrogen and oxygen atoms in total. The molecule has 0 saturated heterocycles. The number of aromatic nitrogens is 2. The maximum Gasteiger partial charge on any atom is 0.408 e.